The molecule has 0 saturated carbocycles. The van der Waals surface area contributed by atoms with Gasteiger partial charge in [0.15, 0.2) is 11.5 Å². The van der Waals surface area contributed by atoms with Crippen molar-refractivity contribution >= 4 is 63.2 Å². The van der Waals surface area contributed by atoms with E-state index in [0.29, 0.717) is 46.0 Å². The lowest BCUT2D eigenvalue weighted by molar-refractivity contribution is -0.123. The molecule has 3 aromatic rings. The second-order valence-corrected chi connectivity index (χ2v) is 10.4. The largest absolute Gasteiger partial charge is 0.492 e. The van der Waals surface area contributed by atoms with E-state index in [0.717, 1.165) is 25.8 Å². The molecule has 0 atom stereocenters. The quantitative estimate of drug-likeness (QED) is 0.171. The average Bonchev–Trinajstić information content (AvgIpc) is 3.12. The Balaban J connectivity index is 1.45. The zero-order valence-corrected chi connectivity index (χ0v) is 23.4. The van der Waals surface area contributed by atoms with Crippen LogP contribution in [0.25, 0.3) is 6.08 Å². The van der Waals surface area contributed by atoms with Crippen molar-refractivity contribution in [2.24, 2.45) is 0 Å². The zero-order chi connectivity index (χ0) is 26.4. The summed E-state index contributed by atoms with van der Waals surface area (Å²) in [5.41, 5.74) is 1.63. The number of hydrogen-bond donors (Lipinski definition) is 0. The van der Waals surface area contributed by atoms with E-state index in [1.54, 1.807) is 18.2 Å². The van der Waals surface area contributed by atoms with Crippen LogP contribution in [0.4, 0.5) is 9.18 Å². The van der Waals surface area contributed by atoms with E-state index >= 15 is 0 Å². The van der Waals surface area contributed by atoms with Gasteiger partial charge in [0.2, 0.25) is 0 Å². The van der Waals surface area contributed by atoms with Crippen molar-refractivity contribution in [3.05, 3.63) is 91.1 Å². The molecule has 0 aliphatic carbocycles. The Hall–Kier alpha value is -2.76. The highest BCUT2D eigenvalue weighted by Crippen LogP contribution is 2.38. The van der Waals surface area contributed by atoms with Gasteiger partial charge >= 0.3 is 0 Å². The molecule has 1 heterocycles. The Kier molecular flexibility index (Phi) is 9.33. The van der Waals surface area contributed by atoms with Crippen molar-refractivity contribution in [2.45, 2.75) is 13.5 Å². The van der Waals surface area contributed by atoms with Crippen molar-refractivity contribution in [3.63, 3.8) is 0 Å². The fraction of sp³-hybridized carbons (Fsp3) is 0.185. The number of nitrogens with zero attached hydrogens (tertiary/aromatic N) is 1. The van der Waals surface area contributed by atoms with E-state index in [1.807, 2.05) is 31.2 Å². The number of amides is 2. The van der Waals surface area contributed by atoms with Crippen LogP contribution in [0.2, 0.25) is 5.02 Å². The van der Waals surface area contributed by atoms with Crippen LogP contribution in [-0.4, -0.2) is 35.8 Å². The molecule has 6 nitrogen and oxygen atoms in total. The molecular weight excluding hydrogens is 632 g/mol. The molecule has 0 aromatic heterocycles. The molecule has 10 heteroatoms. The van der Waals surface area contributed by atoms with Crippen LogP contribution in [0.15, 0.2) is 65.6 Å². The first-order valence-corrected chi connectivity index (χ1v) is 13.6. The number of hydrogen-bond acceptors (Lipinski definition) is 6. The second kappa shape index (κ2) is 12.7. The summed E-state index contributed by atoms with van der Waals surface area (Å²) in [6.07, 6.45) is 1.66. The second-order valence-electron chi connectivity index (χ2n) is 7.82. The normalized spacial score (nSPS) is 14.4. The number of benzene rings is 3. The van der Waals surface area contributed by atoms with Gasteiger partial charge in [-0.3, -0.25) is 14.5 Å². The van der Waals surface area contributed by atoms with Gasteiger partial charge in [0.05, 0.1) is 21.6 Å². The number of halogens is 3. The van der Waals surface area contributed by atoms with Gasteiger partial charge in [0.25, 0.3) is 11.1 Å². The maximum atomic E-state index is 13.0. The SMILES string of the molecule is CCOc1cc(/C=C2\SC(=O)N(CCOc3ccc(F)cc3)C2=O)cc(I)c1OCc1cccc(Cl)c1. The Labute approximate surface area is 236 Å². The van der Waals surface area contributed by atoms with Crippen LogP contribution in [0.1, 0.15) is 18.1 Å². The Morgan fingerprint density at radius 1 is 1.05 bits per heavy atom. The molecule has 0 bridgehead atoms. The van der Waals surface area contributed by atoms with E-state index in [9.17, 15) is 14.0 Å². The third-order valence-electron chi connectivity index (χ3n) is 5.17. The van der Waals surface area contributed by atoms with E-state index < -0.39 is 5.91 Å². The minimum Gasteiger partial charge on any atom is -0.492 e. The number of ether oxygens (including phenoxy) is 3. The zero-order valence-electron chi connectivity index (χ0n) is 19.7. The fourth-order valence-electron chi connectivity index (χ4n) is 3.49. The molecule has 1 aliphatic heterocycles. The number of carbonyl (C=O) groups excluding carboxylic acids is 2. The number of rotatable bonds is 10. The number of thioether (sulfide) groups is 1. The molecule has 3 aromatic carbocycles. The Morgan fingerprint density at radius 3 is 2.57 bits per heavy atom. The van der Waals surface area contributed by atoms with E-state index in [4.69, 9.17) is 25.8 Å². The summed E-state index contributed by atoms with van der Waals surface area (Å²) in [6.45, 7) is 2.80. The highest BCUT2D eigenvalue weighted by atomic mass is 127. The lowest BCUT2D eigenvalue weighted by Crippen LogP contribution is -2.32. The van der Waals surface area contributed by atoms with Crippen molar-refractivity contribution < 1.29 is 28.2 Å². The van der Waals surface area contributed by atoms with Gasteiger partial charge in [-0.25, -0.2) is 4.39 Å². The average molecular weight is 654 g/mol. The predicted octanol–water partition coefficient (Wildman–Crippen LogP) is 7.18. The van der Waals surface area contributed by atoms with Gasteiger partial charge in [-0.15, -0.1) is 0 Å². The van der Waals surface area contributed by atoms with Crippen molar-refractivity contribution in [1.82, 2.24) is 4.90 Å². The van der Waals surface area contributed by atoms with Crippen LogP contribution in [0, 0.1) is 9.39 Å². The Bertz CT molecular complexity index is 1330. The lowest BCUT2D eigenvalue weighted by atomic mass is 10.1. The van der Waals surface area contributed by atoms with Gasteiger partial charge in [0.1, 0.15) is 24.8 Å². The van der Waals surface area contributed by atoms with Gasteiger partial charge in [-0.1, -0.05) is 23.7 Å². The fourth-order valence-corrected chi connectivity index (χ4v) is 5.35. The Morgan fingerprint density at radius 2 is 1.84 bits per heavy atom. The van der Waals surface area contributed by atoms with E-state index in [1.165, 1.54) is 24.3 Å². The molecule has 1 aliphatic rings. The van der Waals surface area contributed by atoms with Gasteiger partial charge < -0.3 is 14.2 Å². The molecule has 1 fully saturated rings. The first-order valence-electron chi connectivity index (χ1n) is 11.3. The number of imide groups is 1. The summed E-state index contributed by atoms with van der Waals surface area (Å²) in [5.74, 6) is 0.818. The molecule has 0 radical (unpaired) electrons. The molecule has 1 saturated heterocycles. The molecule has 192 valence electrons. The van der Waals surface area contributed by atoms with Crippen LogP contribution in [0.3, 0.4) is 0 Å². The highest BCUT2D eigenvalue weighted by Gasteiger charge is 2.35. The summed E-state index contributed by atoms with van der Waals surface area (Å²) in [4.78, 5) is 26.8. The monoisotopic (exact) mass is 653 g/mol. The summed E-state index contributed by atoms with van der Waals surface area (Å²) < 4.78 is 31.2. The maximum absolute atomic E-state index is 13.0. The maximum Gasteiger partial charge on any atom is 0.293 e. The summed E-state index contributed by atoms with van der Waals surface area (Å²) in [7, 11) is 0. The van der Waals surface area contributed by atoms with Crippen LogP contribution in [-0.2, 0) is 11.4 Å². The standard InChI is InChI=1S/C27H22ClFINO5S/c1-2-34-23-14-18(13-22(30)25(23)36-16-17-4-3-5-19(28)12-17)15-24-26(32)31(27(33)37-24)10-11-35-21-8-6-20(29)7-9-21/h3-9,12-15H,2,10-11,16H2,1H3/b24-15-. The number of carbonyl (C=O) groups is 2. The molecule has 37 heavy (non-hydrogen) atoms. The molecule has 2 amide bonds. The van der Waals surface area contributed by atoms with Crippen LogP contribution in [0.5, 0.6) is 17.2 Å². The van der Waals surface area contributed by atoms with Crippen LogP contribution < -0.4 is 14.2 Å². The predicted molar refractivity (Wildman–Crippen MR) is 151 cm³/mol. The first kappa shape index (κ1) is 27.3. The molecule has 4 rings (SSSR count). The minimum atomic E-state index is -0.396. The van der Waals surface area contributed by atoms with Gasteiger partial charge in [0, 0.05) is 5.02 Å². The smallest absolute Gasteiger partial charge is 0.293 e. The molecule has 0 unspecified atom stereocenters. The molecule has 0 spiro atoms. The minimum absolute atomic E-state index is 0.0807. The molecule has 0 N–H and O–H groups in total. The van der Waals surface area contributed by atoms with Crippen molar-refractivity contribution in [2.75, 3.05) is 19.8 Å². The van der Waals surface area contributed by atoms with Crippen molar-refractivity contribution in [1.29, 1.82) is 0 Å². The summed E-state index contributed by atoms with van der Waals surface area (Å²) in [5, 5.41) is 0.257. The summed E-state index contributed by atoms with van der Waals surface area (Å²) >= 11 is 9.10. The summed E-state index contributed by atoms with van der Waals surface area (Å²) in [6, 6.07) is 16.6. The van der Waals surface area contributed by atoms with Gasteiger partial charge in [-0.2, -0.15) is 0 Å². The van der Waals surface area contributed by atoms with E-state index in [2.05, 4.69) is 22.6 Å². The highest BCUT2D eigenvalue weighted by molar-refractivity contribution is 14.1. The third kappa shape index (κ3) is 7.18. The van der Waals surface area contributed by atoms with E-state index in [-0.39, 0.29) is 24.2 Å². The van der Waals surface area contributed by atoms with Crippen molar-refractivity contribution in [3.8, 4) is 17.2 Å². The first-order chi connectivity index (χ1) is 17.8. The lowest BCUT2D eigenvalue weighted by Gasteiger charge is -2.15. The third-order valence-corrected chi connectivity index (χ3v) is 7.12. The molecular formula is C27H22ClFINO5S. The van der Waals surface area contributed by atoms with Crippen LogP contribution >= 0.6 is 46.0 Å². The topological polar surface area (TPSA) is 65.1 Å². The van der Waals surface area contributed by atoms with Gasteiger partial charge in [-0.05, 0) is 107 Å².